The van der Waals surface area contributed by atoms with Crippen molar-refractivity contribution in [2.75, 3.05) is 39.3 Å². The second-order valence-electron chi connectivity index (χ2n) is 5.11. The van der Waals surface area contributed by atoms with Gasteiger partial charge in [0.05, 0.1) is 12.9 Å². The van der Waals surface area contributed by atoms with Crippen molar-refractivity contribution in [3.8, 4) is 5.75 Å². The number of ether oxygens (including phenoxy) is 1. The zero-order valence-electron chi connectivity index (χ0n) is 14.0. The Morgan fingerprint density at radius 1 is 1.26 bits per heavy atom. The summed E-state index contributed by atoms with van der Waals surface area (Å²) >= 11 is 0. The van der Waals surface area contributed by atoms with Gasteiger partial charge in [-0.2, -0.15) is 0 Å². The van der Waals surface area contributed by atoms with Gasteiger partial charge >= 0.3 is 0 Å². The quantitative estimate of drug-likeness (QED) is 0.369. The van der Waals surface area contributed by atoms with E-state index in [4.69, 9.17) is 4.74 Å². The maximum Gasteiger partial charge on any atom is 0.191 e. The Morgan fingerprint density at radius 3 is 2.48 bits per heavy atom. The van der Waals surface area contributed by atoms with E-state index in [1.807, 2.05) is 19.1 Å². The van der Waals surface area contributed by atoms with Gasteiger partial charge < -0.3 is 15.4 Å². The minimum absolute atomic E-state index is 0. The Morgan fingerprint density at radius 2 is 1.91 bits per heavy atom. The Balaban J connectivity index is 0.00000484. The zero-order valence-corrected chi connectivity index (χ0v) is 17.2. The van der Waals surface area contributed by atoms with E-state index in [-0.39, 0.29) is 29.7 Å². The molecule has 0 heterocycles. The first-order valence-corrected chi connectivity index (χ1v) is 9.17. The summed E-state index contributed by atoms with van der Waals surface area (Å²) in [6.07, 6.45) is 2.04. The predicted octanol–water partition coefficient (Wildman–Crippen LogP) is 1.37. The van der Waals surface area contributed by atoms with Crippen LogP contribution in [0.1, 0.15) is 11.1 Å². The third-order valence-corrected chi connectivity index (χ3v) is 4.11. The summed E-state index contributed by atoms with van der Waals surface area (Å²) in [6, 6.07) is 6.13. The Hall–Kier alpha value is -1.03. The third-order valence-electron chi connectivity index (χ3n) is 3.17. The highest BCUT2D eigenvalue weighted by Crippen LogP contribution is 2.18. The number of aliphatic imine (C=N–C) groups is 1. The van der Waals surface area contributed by atoms with Crippen LogP contribution < -0.4 is 15.4 Å². The van der Waals surface area contributed by atoms with Crippen LogP contribution in [-0.4, -0.2) is 53.6 Å². The average molecular weight is 455 g/mol. The maximum atomic E-state index is 11.1. The van der Waals surface area contributed by atoms with Crippen molar-refractivity contribution >= 4 is 39.8 Å². The molecule has 0 amide bonds. The monoisotopic (exact) mass is 455 g/mol. The largest absolute Gasteiger partial charge is 0.496 e. The van der Waals surface area contributed by atoms with Crippen molar-refractivity contribution in [1.82, 2.24) is 10.6 Å². The van der Waals surface area contributed by atoms with E-state index in [9.17, 15) is 8.42 Å². The number of guanidine groups is 1. The number of hydrogen-bond acceptors (Lipinski definition) is 4. The first kappa shape index (κ1) is 22.0. The molecule has 1 aromatic rings. The topological polar surface area (TPSA) is 79.8 Å². The summed E-state index contributed by atoms with van der Waals surface area (Å²) in [4.78, 5) is 4.06. The summed E-state index contributed by atoms with van der Waals surface area (Å²) in [5.74, 6) is 1.57. The summed E-state index contributed by atoms with van der Waals surface area (Å²) in [5.41, 5.74) is 2.28. The lowest BCUT2D eigenvalue weighted by atomic mass is 10.1. The van der Waals surface area contributed by atoms with Gasteiger partial charge in [-0.25, -0.2) is 8.42 Å². The fourth-order valence-corrected chi connectivity index (χ4v) is 2.39. The van der Waals surface area contributed by atoms with Crippen molar-refractivity contribution in [1.29, 1.82) is 0 Å². The molecule has 2 N–H and O–H groups in total. The fourth-order valence-electron chi connectivity index (χ4n) is 1.92. The average Bonchev–Trinajstić information content (AvgIpc) is 2.46. The molecule has 0 saturated heterocycles. The van der Waals surface area contributed by atoms with E-state index < -0.39 is 9.84 Å². The highest BCUT2D eigenvalue weighted by Gasteiger charge is 2.04. The first-order chi connectivity index (χ1) is 10.4. The van der Waals surface area contributed by atoms with Gasteiger partial charge in [-0.15, -0.1) is 24.0 Å². The van der Waals surface area contributed by atoms with Crippen molar-refractivity contribution < 1.29 is 13.2 Å². The molecule has 0 unspecified atom stereocenters. The standard InChI is InChI=1S/C15H25N3O3S.HI/c1-12-5-6-13(11-14(12)21-3)7-8-17-15(16-2)18-9-10-22(4,19)20;/h5-6,11H,7-10H2,1-4H3,(H2,16,17,18);1H. The Labute approximate surface area is 156 Å². The molecule has 0 fully saturated rings. The van der Waals surface area contributed by atoms with E-state index in [1.54, 1.807) is 14.2 Å². The second kappa shape index (κ2) is 10.7. The maximum absolute atomic E-state index is 11.1. The van der Waals surface area contributed by atoms with Crippen molar-refractivity contribution in [2.24, 2.45) is 4.99 Å². The molecule has 1 rings (SSSR count). The molecule has 0 spiro atoms. The van der Waals surface area contributed by atoms with Crippen molar-refractivity contribution in [2.45, 2.75) is 13.3 Å². The van der Waals surface area contributed by atoms with Gasteiger partial charge in [-0.05, 0) is 30.5 Å². The molecule has 6 nitrogen and oxygen atoms in total. The van der Waals surface area contributed by atoms with Gasteiger partial charge in [0.2, 0.25) is 0 Å². The van der Waals surface area contributed by atoms with Crippen LogP contribution in [0.4, 0.5) is 0 Å². The summed E-state index contributed by atoms with van der Waals surface area (Å²) in [5, 5.41) is 6.14. The number of nitrogens with one attached hydrogen (secondary N) is 2. The molecular formula is C15H26IN3O3S. The van der Waals surface area contributed by atoms with Crippen LogP contribution in [-0.2, 0) is 16.3 Å². The molecule has 0 aliphatic heterocycles. The molecule has 0 atom stereocenters. The predicted molar refractivity (Wildman–Crippen MR) is 106 cm³/mol. The van der Waals surface area contributed by atoms with Crippen LogP contribution in [0.3, 0.4) is 0 Å². The molecule has 0 aromatic heterocycles. The molecule has 8 heteroatoms. The van der Waals surface area contributed by atoms with Crippen LogP contribution >= 0.6 is 24.0 Å². The number of halogens is 1. The lowest BCUT2D eigenvalue weighted by Gasteiger charge is -2.12. The van der Waals surface area contributed by atoms with Crippen LogP contribution in [0.5, 0.6) is 5.75 Å². The minimum Gasteiger partial charge on any atom is -0.496 e. The van der Waals surface area contributed by atoms with Gasteiger partial charge in [0.1, 0.15) is 15.6 Å². The van der Waals surface area contributed by atoms with Gasteiger partial charge in [0.25, 0.3) is 0 Å². The molecule has 23 heavy (non-hydrogen) atoms. The molecule has 1 aromatic carbocycles. The van der Waals surface area contributed by atoms with Crippen LogP contribution in [0.2, 0.25) is 0 Å². The van der Waals surface area contributed by atoms with E-state index in [0.29, 0.717) is 19.0 Å². The molecule has 0 aliphatic carbocycles. The van der Waals surface area contributed by atoms with Gasteiger partial charge in [0, 0.05) is 26.4 Å². The molecule has 132 valence electrons. The summed E-state index contributed by atoms with van der Waals surface area (Å²) in [7, 11) is 0.360. The number of sulfone groups is 1. The van der Waals surface area contributed by atoms with E-state index in [2.05, 4.69) is 21.7 Å². The highest BCUT2D eigenvalue weighted by molar-refractivity contribution is 14.0. The van der Waals surface area contributed by atoms with E-state index in [0.717, 1.165) is 17.7 Å². The molecular weight excluding hydrogens is 429 g/mol. The summed E-state index contributed by atoms with van der Waals surface area (Å²) < 4.78 is 27.5. The number of methoxy groups -OCH3 is 1. The molecule has 0 saturated carbocycles. The third kappa shape index (κ3) is 8.99. The lowest BCUT2D eigenvalue weighted by molar-refractivity contribution is 0.411. The number of hydrogen-bond donors (Lipinski definition) is 2. The Bertz CT molecular complexity index is 618. The summed E-state index contributed by atoms with van der Waals surface area (Å²) in [6.45, 7) is 3.05. The van der Waals surface area contributed by atoms with E-state index in [1.165, 1.54) is 11.8 Å². The van der Waals surface area contributed by atoms with Gasteiger partial charge in [-0.3, -0.25) is 4.99 Å². The van der Waals surface area contributed by atoms with Gasteiger partial charge in [0.15, 0.2) is 5.96 Å². The van der Waals surface area contributed by atoms with Crippen LogP contribution in [0.15, 0.2) is 23.2 Å². The highest BCUT2D eigenvalue weighted by atomic mass is 127. The van der Waals surface area contributed by atoms with Crippen LogP contribution in [0, 0.1) is 6.92 Å². The smallest absolute Gasteiger partial charge is 0.191 e. The second-order valence-corrected chi connectivity index (χ2v) is 7.37. The van der Waals surface area contributed by atoms with Crippen LogP contribution in [0.25, 0.3) is 0 Å². The number of nitrogens with zero attached hydrogens (tertiary/aromatic N) is 1. The Kier molecular flexibility index (Phi) is 10.2. The number of rotatable bonds is 7. The van der Waals surface area contributed by atoms with Gasteiger partial charge in [-0.1, -0.05) is 12.1 Å². The zero-order chi connectivity index (χ0) is 16.6. The normalized spacial score (nSPS) is 11.6. The lowest BCUT2D eigenvalue weighted by Crippen LogP contribution is -2.40. The molecule has 0 radical (unpaired) electrons. The molecule has 0 aliphatic rings. The number of aryl methyl sites for hydroxylation is 1. The van der Waals surface area contributed by atoms with Crippen molar-refractivity contribution in [3.63, 3.8) is 0 Å². The first-order valence-electron chi connectivity index (χ1n) is 7.11. The SMILES string of the molecule is CN=C(NCCc1ccc(C)c(OC)c1)NCCS(C)(=O)=O.I. The number of benzene rings is 1. The van der Waals surface area contributed by atoms with Crippen molar-refractivity contribution in [3.05, 3.63) is 29.3 Å². The molecule has 0 bridgehead atoms. The van der Waals surface area contributed by atoms with E-state index >= 15 is 0 Å². The fraction of sp³-hybridized carbons (Fsp3) is 0.533. The minimum atomic E-state index is -2.96.